The molecule has 0 heterocycles. The third-order valence-corrected chi connectivity index (χ3v) is 5.59. The van der Waals surface area contributed by atoms with E-state index < -0.39 is 0 Å². The number of carbonyl (C=O) groups excluding carboxylic acids is 2. The summed E-state index contributed by atoms with van der Waals surface area (Å²) >= 11 is 12.6. The van der Waals surface area contributed by atoms with Crippen molar-refractivity contribution < 1.29 is 9.59 Å². The van der Waals surface area contributed by atoms with Crippen molar-refractivity contribution in [2.45, 2.75) is 11.8 Å². The lowest BCUT2D eigenvalue weighted by Crippen LogP contribution is -2.19. The van der Waals surface area contributed by atoms with Gasteiger partial charge >= 0.3 is 0 Å². The number of carbonyl (C=O) groups is 2. The summed E-state index contributed by atoms with van der Waals surface area (Å²) in [6.07, 6.45) is 0. The Bertz CT molecular complexity index is 1090. The summed E-state index contributed by atoms with van der Waals surface area (Å²) in [5.74, 6) is 0.192. The van der Waals surface area contributed by atoms with Crippen molar-refractivity contribution in [3.8, 4) is 0 Å². The third kappa shape index (κ3) is 7.40. The number of hydrogen-bond acceptors (Lipinski definition) is 4. The van der Waals surface area contributed by atoms with Gasteiger partial charge in [0.15, 0.2) is 10.9 Å². The maximum absolute atomic E-state index is 12.2. The number of rotatable bonds is 7. The lowest BCUT2D eigenvalue weighted by molar-refractivity contribution is -0.113. The molecule has 3 rings (SSSR count). The van der Waals surface area contributed by atoms with Crippen molar-refractivity contribution in [2.75, 3.05) is 21.7 Å². The first-order valence-electron chi connectivity index (χ1n) is 9.36. The van der Waals surface area contributed by atoms with Gasteiger partial charge in [0.2, 0.25) is 5.91 Å². The second kappa shape index (κ2) is 10.9. The Morgan fingerprint density at radius 2 is 1.48 bits per heavy atom. The summed E-state index contributed by atoms with van der Waals surface area (Å²) in [5.41, 5.74) is 2.94. The van der Waals surface area contributed by atoms with Gasteiger partial charge in [0, 0.05) is 32.5 Å². The smallest absolute Gasteiger partial charge is 0.234 e. The van der Waals surface area contributed by atoms with Crippen LogP contribution in [0.5, 0.6) is 0 Å². The van der Waals surface area contributed by atoms with Gasteiger partial charge in [-0.05, 0) is 85.9 Å². The Balaban J connectivity index is 1.51. The number of thioether (sulfide) groups is 1. The third-order valence-electron chi connectivity index (χ3n) is 4.14. The van der Waals surface area contributed by atoms with Gasteiger partial charge in [0.1, 0.15) is 0 Å². The molecule has 0 aliphatic carbocycles. The molecule has 0 unspecified atom stereocenters. The van der Waals surface area contributed by atoms with Gasteiger partial charge in [-0.3, -0.25) is 9.59 Å². The molecule has 5 nitrogen and oxygen atoms in total. The molecule has 3 aromatic carbocycles. The molecule has 1 amide bonds. The summed E-state index contributed by atoms with van der Waals surface area (Å²) in [6, 6.07) is 21.7. The van der Waals surface area contributed by atoms with Gasteiger partial charge in [-0.2, -0.15) is 0 Å². The van der Waals surface area contributed by atoms with E-state index in [0.717, 1.165) is 16.3 Å². The molecule has 0 atom stereocenters. The monoisotopic (exact) mass is 469 g/mol. The minimum atomic E-state index is -0.100. The van der Waals surface area contributed by atoms with Crippen LogP contribution in [0.25, 0.3) is 0 Å². The fourth-order valence-electron chi connectivity index (χ4n) is 2.62. The standard InChI is InChI=1S/C23H20ClN3O2S2/c1-15(28)16-5-9-19(10-6-16)26-23(30)27-20-3-2-4-21(13-20)31-14-22(29)25-18-11-7-17(24)8-12-18/h2-13H,14H2,1H3,(H,25,29)(H2,26,27,30). The minimum Gasteiger partial charge on any atom is -0.332 e. The van der Waals surface area contributed by atoms with E-state index in [1.54, 1.807) is 48.5 Å². The average molecular weight is 470 g/mol. The van der Waals surface area contributed by atoms with Crippen LogP contribution in [-0.2, 0) is 4.79 Å². The normalized spacial score (nSPS) is 10.3. The first kappa shape index (κ1) is 22.8. The Morgan fingerprint density at radius 3 is 2.16 bits per heavy atom. The van der Waals surface area contributed by atoms with Gasteiger partial charge in [0.25, 0.3) is 0 Å². The van der Waals surface area contributed by atoms with Crippen LogP contribution in [0.15, 0.2) is 77.7 Å². The zero-order valence-electron chi connectivity index (χ0n) is 16.6. The molecule has 0 bridgehead atoms. The maximum atomic E-state index is 12.2. The molecular formula is C23H20ClN3O2S2. The summed E-state index contributed by atoms with van der Waals surface area (Å²) in [7, 11) is 0. The number of amides is 1. The van der Waals surface area contributed by atoms with Crippen molar-refractivity contribution in [3.63, 3.8) is 0 Å². The Morgan fingerprint density at radius 1 is 0.871 bits per heavy atom. The molecule has 0 aliphatic heterocycles. The summed E-state index contributed by atoms with van der Waals surface area (Å²) < 4.78 is 0. The maximum Gasteiger partial charge on any atom is 0.234 e. The van der Waals surface area contributed by atoms with Crippen LogP contribution in [0.3, 0.4) is 0 Å². The number of hydrogen-bond donors (Lipinski definition) is 3. The molecule has 0 spiro atoms. The number of nitrogens with one attached hydrogen (secondary N) is 3. The van der Waals surface area contributed by atoms with Crippen LogP contribution in [-0.4, -0.2) is 22.6 Å². The first-order chi connectivity index (χ1) is 14.9. The van der Waals surface area contributed by atoms with Gasteiger partial charge in [-0.15, -0.1) is 11.8 Å². The van der Waals surface area contributed by atoms with E-state index >= 15 is 0 Å². The van der Waals surface area contributed by atoms with Gasteiger partial charge in [-0.1, -0.05) is 17.7 Å². The zero-order chi connectivity index (χ0) is 22.2. The molecule has 31 heavy (non-hydrogen) atoms. The van der Waals surface area contributed by atoms with Crippen molar-refractivity contribution in [1.29, 1.82) is 0 Å². The van der Waals surface area contributed by atoms with E-state index in [-0.39, 0.29) is 17.4 Å². The highest BCUT2D eigenvalue weighted by atomic mass is 35.5. The van der Waals surface area contributed by atoms with E-state index in [4.69, 9.17) is 23.8 Å². The Labute approximate surface area is 195 Å². The number of benzene rings is 3. The largest absolute Gasteiger partial charge is 0.332 e. The second-order valence-corrected chi connectivity index (χ2v) is 8.48. The molecule has 158 valence electrons. The van der Waals surface area contributed by atoms with Crippen molar-refractivity contribution in [2.24, 2.45) is 0 Å². The molecule has 0 saturated heterocycles. The molecule has 0 radical (unpaired) electrons. The molecule has 3 N–H and O–H groups in total. The topological polar surface area (TPSA) is 70.2 Å². The van der Waals surface area contributed by atoms with E-state index in [9.17, 15) is 9.59 Å². The quantitative estimate of drug-likeness (QED) is 0.221. The average Bonchev–Trinajstić information content (AvgIpc) is 2.74. The van der Waals surface area contributed by atoms with E-state index in [0.29, 0.717) is 21.4 Å². The highest BCUT2D eigenvalue weighted by molar-refractivity contribution is 8.00. The SMILES string of the molecule is CC(=O)c1ccc(NC(=S)Nc2cccc(SCC(=O)Nc3ccc(Cl)cc3)c2)cc1. The molecule has 0 saturated carbocycles. The lowest BCUT2D eigenvalue weighted by atomic mass is 10.1. The Kier molecular flexibility index (Phi) is 8.06. The fraction of sp³-hybridized carbons (Fsp3) is 0.0870. The van der Waals surface area contributed by atoms with Crippen LogP contribution in [0.2, 0.25) is 5.02 Å². The number of thiocarbonyl (C=S) groups is 1. The van der Waals surface area contributed by atoms with E-state index in [1.165, 1.54) is 18.7 Å². The van der Waals surface area contributed by atoms with Gasteiger partial charge in [0.05, 0.1) is 5.75 Å². The predicted molar refractivity (Wildman–Crippen MR) is 134 cm³/mol. The summed E-state index contributed by atoms with van der Waals surface area (Å²) in [6.45, 7) is 1.53. The summed E-state index contributed by atoms with van der Waals surface area (Å²) in [5, 5.41) is 10.1. The molecule has 8 heteroatoms. The number of ketones is 1. The van der Waals surface area contributed by atoms with Gasteiger partial charge < -0.3 is 16.0 Å². The van der Waals surface area contributed by atoms with Crippen molar-refractivity contribution in [3.05, 3.63) is 83.4 Å². The zero-order valence-corrected chi connectivity index (χ0v) is 19.0. The van der Waals surface area contributed by atoms with Crippen LogP contribution < -0.4 is 16.0 Å². The fourth-order valence-corrected chi connectivity index (χ4v) is 3.74. The first-order valence-corrected chi connectivity index (χ1v) is 11.1. The molecule has 0 fully saturated rings. The lowest BCUT2D eigenvalue weighted by Gasteiger charge is -2.12. The number of Topliss-reactive ketones (excluding diaryl/α,β-unsaturated/α-hetero) is 1. The highest BCUT2D eigenvalue weighted by Crippen LogP contribution is 2.22. The predicted octanol–water partition coefficient (Wildman–Crippen LogP) is 6.08. The van der Waals surface area contributed by atoms with Crippen LogP contribution in [0, 0.1) is 0 Å². The Hall–Kier alpha value is -2.87. The number of halogens is 1. The molecule has 0 aliphatic rings. The summed E-state index contributed by atoms with van der Waals surface area (Å²) in [4.78, 5) is 24.5. The van der Waals surface area contributed by atoms with E-state index in [2.05, 4.69) is 16.0 Å². The molecule has 0 aromatic heterocycles. The van der Waals surface area contributed by atoms with Crippen molar-refractivity contribution >= 4 is 69.4 Å². The minimum absolute atomic E-state index is 0.0170. The van der Waals surface area contributed by atoms with E-state index in [1.807, 2.05) is 24.3 Å². The van der Waals surface area contributed by atoms with Crippen LogP contribution >= 0.6 is 35.6 Å². The molecule has 3 aromatic rings. The van der Waals surface area contributed by atoms with Crippen LogP contribution in [0.1, 0.15) is 17.3 Å². The molecular weight excluding hydrogens is 450 g/mol. The number of anilines is 3. The van der Waals surface area contributed by atoms with Crippen molar-refractivity contribution in [1.82, 2.24) is 0 Å². The van der Waals surface area contributed by atoms with Gasteiger partial charge in [-0.25, -0.2) is 0 Å². The highest BCUT2D eigenvalue weighted by Gasteiger charge is 2.06. The second-order valence-electron chi connectivity index (χ2n) is 6.58. The van der Waals surface area contributed by atoms with Crippen LogP contribution in [0.4, 0.5) is 17.1 Å².